The SMILES string of the molecule is O=C1CS[C@H](c2cccs2)N1CC[NH+]1CC[NH2+]CC1. The van der Waals surface area contributed by atoms with Crippen molar-refractivity contribution in [1.82, 2.24) is 4.90 Å². The smallest absolute Gasteiger partial charge is 0.234 e. The molecule has 0 bridgehead atoms. The van der Waals surface area contributed by atoms with Gasteiger partial charge in [0, 0.05) is 4.88 Å². The number of nitrogens with two attached hydrogens (primary N) is 1. The van der Waals surface area contributed by atoms with Crippen LogP contribution in [0.3, 0.4) is 0 Å². The van der Waals surface area contributed by atoms with E-state index in [-0.39, 0.29) is 5.37 Å². The van der Waals surface area contributed by atoms with Gasteiger partial charge in [0.25, 0.3) is 0 Å². The number of hydrogen-bond acceptors (Lipinski definition) is 3. The van der Waals surface area contributed by atoms with Crippen LogP contribution in [-0.4, -0.2) is 55.8 Å². The van der Waals surface area contributed by atoms with E-state index in [1.165, 1.54) is 31.1 Å². The standard InChI is InChI=1S/C13H19N3OS2/c17-12-10-19-13(11-2-1-9-18-11)16(12)8-7-15-5-3-14-4-6-15/h1-2,9,13-14H,3-8,10H2/p+2/t13-/m1/s1. The molecule has 1 amide bonds. The average Bonchev–Trinajstić information content (AvgIpc) is 3.07. The molecule has 0 aromatic carbocycles. The minimum atomic E-state index is 0.267. The Labute approximate surface area is 122 Å². The van der Waals surface area contributed by atoms with Gasteiger partial charge in [0.1, 0.15) is 31.6 Å². The first-order valence-electron chi connectivity index (χ1n) is 6.94. The molecule has 4 nitrogen and oxygen atoms in total. The van der Waals surface area contributed by atoms with Crippen molar-refractivity contribution < 1.29 is 15.0 Å². The van der Waals surface area contributed by atoms with Gasteiger partial charge in [0.05, 0.1) is 18.8 Å². The number of amides is 1. The van der Waals surface area contributed by atoms with Crippen molar-refractivity contribution in [2.45, 2.75) is 5.37 Å². The predicted molar refractivity (Wildman–Crippen MR) is 78.5 cm³/mol. The fourth-order valence-corrected chi connectivity index (χ4v) is 4.97. The van der Waals surface area contributed by atoms with E-state index in [9.17, 15) is 4.79 Å². The van der Waals surface area contributed by atoms with Gasteiger partial charge >= 0.3 is 0 Å². The lowest BCUT2D eigenvalue weighted by atomic mass is 10.3. The van der Waals surface area contributed by atoms with Gasteiger partial charge in [-0.25, -0.2) is 0 Å². The van der Waals surface area contributed by atoms with E-state index < -0.39 is 0 Å². The largest absolute Gasteiger partial charge is 0.337 e. The second-order valence-corrected chi connectivity index (χ2v) is 7.18. The van der Waals surface area contributed by atoms with Gasteiger partial charge in [-0.3, -0.25) is 4.79 Å². The molecule has 3 rings (SSSR count). The van der Waals surface area contributed by atoms with Crippen molar-refractivity contribution in [2.24, 2.45) is 0 Å². The van der Waals surface area contributed by atoms with Crippen LogP contribution in [0, 0.1) is 0 Å². The normalized spacial score (nSPS) is 25.2. The van der Waals surface area contributed by atoms with Gasteiger partial charge < -0.3 is 15.1 Å². The first kappa shape index (κ1) is 13.4. The van der Waals surface area contributed by atoms with Crippen LogP contribution < -0.4 is 10.2 Å². The second kappa shape index (κ2) is 6.26. The van der Waals surface area contributed by atoms with E-state index in [1.807, 2.05) is 0 Å². The quantitative estimate of drug-likeness (QED) is 0.732. The summed E-state index contributed by atoms with van der Waals surface area (Å²) < 4.78 is 0. The predicted octanol–water partition coefficient (Wildman–Crippen LogP) is -1.22. The van der Waals surface area contributed by atoms with Crippen molar-refractivity contribution in [3.05, 3.63) is 22.4 Å². The zero-order chi connectivity index (χ0) is 13.1. The Hall–Kier alpha value is -0.560. The van der Waals surface area contributed by atoms with E-state index in [0.29, 0.717) is 11.7 Å². The molecule has 0 unspecified atom stereocenters. The van der Waals surface area contributed by atoms with Crippen LogP contribution in [0.4, 0.5) is 0 Å². The van der Waals surface area contributed by atoms with Crippen molar-refractivity contribution >= 4 is 29.0 Å². The summed E-state index contributed by atoms with van der Waals surface area (Å²) in [5.74, 6) is 0.956. The molecule has 1 aromatic heterocycles. The molecule has 1 aromatic rings. The summed E-state index contributed by atoms with van der Waals surface area (Å²) in [5.41, 5.74) is 0. The maximum atomic E-state index is 12.0. The fraction of sp³-hybridized carbons (Fsp3) is 0.615. The Morgan fingerprint density at radius 2 is 2.26 bits per heavy atom. The van der Waals surface area contributed by atoms with Crippen LogP contribution in [-0.2, 0) is 4.79 Å². The Morgan fingerprint density at radius 1 is 1.42 bits per heavy atom. The minimum Gasteiger partial charge on any atom is -0.337 e. The third kappa shape index (κ3) is 3.13. The number of thiophene rings is 1. The van der Waals surface area contributed by atoms with Gasteiger partial charge in [0.2, 0.25) is 5.91 Å². The van der Waals surface area contributed by atoms with E-state index in [0.717, 1.165) is 13.1 Å². The molecule has 6 heteroatoms. The van der Waals surface area contributed by atoms with Crippen molar-refractivity contribution in [3.8, 4) is 0 Å². The Bertz CT molecular complexity index is 418. The summed E-state index contributed by atoms with van der Waals surface area (Å²) >= 11 is 3.54. The average molecular weight is 299 g/mol. The zero-order valence-corrected chi connectivity index (χ0v) is 12.6. The maximum Gasteiger partial charge on any atom is 0.234 e. The van der Waals surface area contributed by atoms with E-state index in [4.69, 9.17) is 0 Å². The molecule has 0 radical (unpaired) electrons. The van der Waals surface area contributed by atoms with Crippen LogP contribution in [0.5, 0.6) is 0 Å². The number of carbonyl (C=O) groups is 1. The number of piperazine rings is 1. The van der Waals surface area contributed by atoms with Crippen molar-refractivity contribution in [1.29, 1.82) is 0 Å². The number of quaternary nitrogens is 2. The molecular formula is C13H21N3OS2+2. The van der Waals surface area contributed by atoms with Gasteiger partial charge in [-0.05, 0) is 11.4 Å². The number of hydrogen-bond donors (Lipinski definition) is 2. The highest BCUT2D eigenvalue weighted by molar-refractivity contribution is 8.00. The van der Waals surface area contributed by atoms with E-state index in [1.54, 1.807) is 28.0 Å². The number of thioether (sulfide) groups is 1. The van der Waals surface area contributed by atoms with Crippen LogP contribution in [0.1, 0.15) is 10.3 Å². The first-order chi connectivity index (χ1) is 9.34. The summed E-state index contributed by atoms with van der Waals surface area (Å²) in [6, 6.07) is 4.23. The van der Waals surface area contributed by atoms with Crippen LogP contribution >= 0.6 is 23.1 Å². The molecule has 104 valence electrons. The van der Waals surface area contributed by atoms with Crippen LogP contribution in [0.15, 0.2) is 17.5 Å². The highest BCUT2D eigenvalue weighted by atomic mass is 32.2. The van der Waals surface area contributed by atoms with Gasteiger partial charge in [-0.2, -0.15) is 0 Å². The highest BCUT2D eigenvalue weighted by Gasteiger charge is 2.34. The molecule has 2 fully saturated rings. The summed E-state index contributed by atoms with van der Waals surface area (Å²) in [5, 5.41) is 4.75. The number of carbonyl (C=O) groups excluding carboxylic acids is 1. The molecule has 2 aliphatic rings. The van der Waals surface area contributed by atoms with Gasteiger partial charge in [-0.1, -0.05) is 6.07 Å². The van der Waals surface area contributed by atoms with Gasteiger partial charge in [0.15, 0.2) is 0 Å². The van der Waals surface area contributed by atoms with E-state index in [2.05, 4.69) is 27.7 Å². The zero-order valence-electron chi connectivity index (χ0n) is 11.0. The number of nitrogens with one attached hydrogen (secondary N) is 1. The van der Waals surface area contributed by atoms with Crippen LogP contribution in [0.25, 0.3) is 0 Å². The van der Waals surface area contributed by atoms with Crippen molar-refractivity contribution in [2.75, 3.05) is 45.0 Å². The molecular weight excluding hydrogens is 278 g/mol. The van der Waals surface area contributed by atoms with E-state index >= 15 is 0 Å². The number of rotatable bonds is 4. The molecule has 1 atom stereocenters. The maximum absolute atomic E-state index is 12.0. The summed E-state index contributed by atoms with van der Waals surface area (Å²) in [6.45, 7) is 6.93. The molecule has 2 saturated heterocycles. The Morgan fingerprint density at radius 3 is 3.00 bits per heavy atom. The topological polar surface area (TPSA) is 41.4 Å². The third-order valence-electron chi connectivity index (χ3n) is 3.86. The Balaban J connectivity index is 1.59. The highest BCUT2D eigenvalue weighted by Crippen LogP contribution is 2.40. The monoisotopic (exact) mass is 299 g/mol. The van der Waals surface area contributed by atoms with Gasteiger partial charge in [-0.15, -0.1) is 23.1 Å². The lowest BCUT2D eigenvalue weighted by Gasteiger charge is -2.27. The first-order valence-corrected chi connectivity index (χ1v) is 8.87. The number of nitrogens with zero attached hydrogens (tertiary/aromatic N) is 1. The minimum absolute atomic E-state index is 0.267. The molecule has 0 spiro atoms. The summed E-state index contributed by atoms with van der Waals surface area (Å²) in [4.78, 5) is 17.1. The lowest BCUT2D eigenvalue weighted by molar-refractivity contribution is -0.946. The molecule has 3 heterocycles. The lowest BCUT2D eigenvalue weighted by Crippen LogP contribution is -3.20. The summed E-state index contributed by atoms with van der Waals surface area (Å²) in [7, 11) is 0. The molecule has 0 aliphatic carbocycles. The Kier molecular flexibility index (Phi) is 4.42. The molecule has 0 saturated carbocycles. The van der Waals surface area contributed by atoms with Crippen LogP contribution in [0.2, 0.25) is 0 Å². The fourth-order valence-electron chi connectivity index (χ4n) is 2.77. The summed E-state index contributed by atoms with van der Waals surface area (Å²) in [6.07, 6.45) is 0. The third-order valence-corrected chi connectivity index (χ3v) is 6.18. The second-order valence-electron chi connectivity index (χ2n) is 5.13. The molecule has 19 heavy (non-hydrogen) atoms. The van der Waals surface area contributed by atoms with Crippen molar-refractivity contribution in [3.63, 3.8) is 0 Å². The molecule has 2 aliphatic heterocycles. The molecule has 3 N–H and O–H groups in total.